The maximum absolute atomic E-state index is 6.52. The van der Waals surface area contributed by atoms with Crippen LogP contribution in [0, 0.1) is 0 Å². The summed E-state index contributed by atoms with van der Waals surface area (Å²) in [5, 5.41) is 12.4. The van der Waals surface area contributed by atoms with Gasteiger partial charge in [-0.2, -0.15) is 0 Å². The van der Waals surface area contributed by atoms with Gasteiger partial charge in [-0.1, -0.05) is 159 Å². The van der Waals surface area contributed by atoms with Crippen LogP contribution in [0.5, 0.6) is 0 Å². The van der Waals surface area contributed by atoms with Crippen molar-refractivity contribution >= 4 is 65.0 Å². The van der Waals surface area contributed by atoms with Crippen molar-refractivity contribution in [3.8, 4) is 44.5 Å². The van der Waals surface area contributed by atoms with E-state index >= 15 is 0 Å². The van der Waals surface area contributed by atoms with Crippen LogP contribution in [-0.4, -0.2) is 0 Å². The van der Waals surface area contributed by atoms with Crippen LogP contribution in [0.25, 0.3) is 110 Å². The normalized spacial score (nSPS) is 13.3. The second-order valence-electron chi connectivity index (χ2n) is 16.0. The summed E-state index contributed by atoms with van der Waals surface area (Å²) in [5.41, 5.74) is 14.6. The molecule has 12 rings (SSSR count). The third-order valence-electron chi connectivity index (χ3n) is 12.6. The summed E-state index contributed by atoms with van der Waals surface area (Å²) in [5.74, 6) is 0. The van der Waals surface area contributed by atoms with Crippen LogP contribution in [0.1, 0.15) is 25.0 Å². The third-order valence-corrected chi connectivity index (χ3v) is 12.6. The van der Waals surface area contributed by atoms with Crippen LogP contribution in [0.2, 0.25) is 0 Å². The predicted octanol–water partition coefficient (Wildman–Crippen LogP) is 15.5. The van der Waals surface area contributed by atoms with Crippen LogP contribution in [0.3, 0.4) is 0 Å². The lowest BCUT2D eigenvalue weighted by Gasteiger charge is -2.21. The van der Waals surface area contributed by atoms with Gasteiger partial charge in [0.05, 0.1) is 0 Å². The highest BCUT2D eigenvalue weighted by molar-refractivity contribution is 6.22. The molecule has 1 nitrogen and oxygen atoms in total. The molecule has 0 N–H and O–H groups in total. The molecule has 1 aliphatic carbocycles. The zero-order valence-corrected chi connectivity index (χ0v) is 31.2. The van der Waals surface area contributed by atoms with Crippen LogP contribution < -0.4 is 0 Å². The Kier molecular flexibility index (Phi) is 6.46. The fourth-order valence-corrected chi connectivity index (χ4v) is 9.91. The van der Waals surface area contributed by atoms with Gasteiger partial charge in [-0.25, -0.2) is 0 Å². The average Bonchev–Trinajstić information content (AvgIpc) is 3.73. The Balaban J connectivity index is 1.04. The van der Waals surface area contributed by atoms with Crippen molar-refractivity contribution in [3.05, 3.63) is 193 Å². The summed E-state index contributed by atoms with van der Waals surface area (Å²) in [4.78, 5) is 0. The van der Waals surface area contributed by atoms with E-state index in [1.165, 1.54) is 98.7 Å². The first-order valence-corrected chi connectivity index (χ1v) is 19.6. The van der Waals surface area contributed by atoms with Gasteiger partial charge >= 0.3 is 0 Å². The van der Waals surface area contributed by atoms with Crippen LogP contribution in [-0.2, 0) is 5.41 Å². The van der Waals surface area contributed by atoms with Gasteiger partial charge in [0, 0.05) is 16.2 Å². The number of furan rings is 1. The van der Waals surface area contributed by atoms with Crippen LogP contribution in [0.15, 0.2) is 186 Å². The zero-order valence-electron chi connectivity index (χ0n) is 31.2. The lowest BCUT2D eigenvalue weighted by atomic mass is 9.82. The monoisotopic (exact) mass is 712 g/mol. The number of hydrogen-bond acceptors (Lipinski definition) is 1. The van der Waals surface area contributed by atoms with E-state index in [2.05, 4.69) is 196 Å². The number of fused-ring (bicyclic) bond motifs is 11. The second kappa shape index (κ2) is 11.5. The Morgan fingerprint density at radius 1 is 0.321 bits per heavy atom. The number of rotatable bonds is 3. The standard InChI is InChI=1S/C55H36O/c1-55(2)48-25-22-36(31-47(48)54-40-14-6-5-12-34(40)21-26-49(54)55)37-23-27-50-45(30-37)46-32-39(24-28-51(46)56-50)53-43-17-9-7-15-41(43)52(42-16-8-10-18-44(42)53)38-20-19-33-11-3-4-13-35(33)29-38/h3-32H,1-2H3. The first-order valence-electron chi connectivity index (χ1n) is 19.6. The molecule has 0 fully saturated rings. The topological polar surface area (TPSA) is 13.1 Å². The molecule has 0 bridgehead atoms. The maximum atomic E-state index is 6.52. The van der Waals surface area contributed by atoms with Gasteiger partial charge < -0.3 is 4.42 Å². The minimum Gasteiger partial charge on any atom is -0.456 e. The highest BCUT2D eigenvalue weighted by Gasteiger charge is 2.36. The molecule has 0 atom stereocenters. The lowest BCUT2D eigenvalue weighted by Crippen LogP contribution is -2.14. The molecular weight excluding hydrogens is 677 g/mol. The first kappa shape index (κ1) is 31.4. The Morgan fingerprint density at radius 2 is 0.786 bits per heavy atom. The molecule has 11 aromatic rings. The van der Waals surface area contributed by atoms with E-state index in [-0.39, 0.29) is 5.41 Å². The van der Waals surface area contributed by atoms with Gasteiger partial charge in [-0.3, -0.25) is 0 Å². The van der Waals surface area contributed by atoms with Crippen LogP contribution in [0.4, 0.5) is 0 Å². The fraction of sp³-hybridized carbons (Fsp3) is 0.0545. The summed E-state index contributed by atoms with van der Waals surface area (Å²) < 4.78 is 6.52. The Morgan fingerprint density at radius 3 is 1.46 bits per heavy atom. The minimum atomic E-state index is -0.0592. The van der Waals surface area contributed by atoms with Gasteiger partial charge in [0.15, 0.2) is 0 Å². The molecule has 0 saturated heterocycles. The third kappa shape index (κ3) is 4.43. The maximum Gasteiger partial charge on any atom is 0.135 e. The molecule has 1 aromatic heterocycles. The van der Waals surface area contributed by atoms with E-state index in [9.17, 15) is 0 Å². The molecule has 0 spiro atoms. The van der Waals surface area contributed by atoms with Gasteiger partial charge in [-0.15, -0.1) is 0 Å². The quantitative estimate of drug-likeness (QED) is 0.166. The van der Waals surface area contributed by atoms with Crippen molar-refractivity contribution in [1.82, 2.24) is 0 Å². The largest absolute Gasteiger partial charge is 0.456 e. The number of benzene rings is 10. The molecule has 0 saturated carbocycles. The molecule has 0 unspecified atom stereocenters. The van der Waals surface area contributed by atoms with Crippen molar-refractivity contribution in [2.24, 2.45) is 0 Å². The van der Waals surface area contributed by atoms with E-state index in [4.69, 9.17) is 4.42 Å². The lowest BCUT2D eigenvalue weighted by molar-refractivity contribution is 0.661. The van der Waals surface area contributed by atoms with Crippen molar-refractivity contribution in [3.63, 3.8) is 0 Å². The minimum absolute atomic E-state index is 0.0592. The molecule has 10 aromatic carbocycles. The summed E-state index contributed by atoms with van der Waals surface area (Å²) in [6, 6.07) is 67.2. The summed E-state index contributed by atoms with van der Waals surface area (Å²) in [6.45, 7) is 4.72. The second-order valence-corrected chi connectivity index (χ2v) is 16.0. The van der Waals surface area contributed by atoms with Crippen LogP contribution >= 0.6 is 0 Å². The van der Waals surface area contributed by atoms with Gasteiger partial charge in [0.1, 0.15) is 11.2 Å². The van der Waals surface area contributed by atoms with Gasteiger partial charge in [0.2, 0.25) is 0 Å². The van der Waals surface area contributed by atoms with Gasteiger partial charge in [0.25, 0.3) is 0 Å². The zero-order chi connectivity index (χ0) is 37.1. The first-order chi connectivity index (χ1) is 27.5. The van der Waals surface area contributed by atoms with Crippen molar-refractivity contribution < 1.29 is 4.42 Å². The van der Waals surface area contributed by atoms with Crippen molar-refractivity contribution in [1.29, 1.82) is 0 Å². The molecular formula is C55H36O. The molecule has 0 amide bonds. The van der Waals surface area contributed by atoms with E-state index < -0.39 is 0 Å². The Labute approximate surface area is 325 Å². The molecule has 1 heteroatoms. The predicted molar refractivity (Wildman–Crippen MR) is 238 cm³/mol. The Bertz CT molecular complexity index is 3390. The Hall–Kier alpha value is -6.96. The van der Waals surface area contributed by atoms with Gasteiger partial charge in [-0.05, 0) is 135 Å². The molecule has 1 aliphatic rings. The molecule has 262 valence electrons. The SMILES string of the molecule is CC1(C)c2ccc(-c3ccc4oc5ccc(-c6c7ccccc7c(-c7ccc8ccccc8c7)c7ccccc67)cc5c4c3)cc2-c2c1ccc1ccccc21. The van der Waals surface area contributed by atoms with E-state index in [1.54, 1.807) is 0 Å². The molecule has 1 heterocycles. The molecule has 56 heavy (non-hydrogen) atoms. The van der Waals surface area contributed by atoms with E-state index in [0.29, 0.717) is 0 Å². The summed E-state index contributed by atoms with van der Waals surface area (Å²) in [7, 11) is 0. The average molecular weight is 713 g/mol. The highest BCUT2D eigenvalue weighted by Crippen LogP contribution is 2.52. The fourth-order valence-electron chi connectivity index (χ4n) is 9.91. The van der Waals surface area contributed by atoms with Crippen molar-refractivity contribution in [2.45, 2.75) is 19.3 Å². The van der Waals surface area contributed by atoms with E-state index in [1.807, 2.05) is 0 Å². The van der Waals surface area contributed by atoms with Crippen molar-refractivity contribution in [2.75, 3.05) is 0 Å². The summed E-state index contributed by atoms with van der Waals surface area (Å²) >= 11 is 0. The van der Waals surface area contributed by atoms with E-state index in [0.717, 1.165) is 21.9 Å². The molecule has 0 radical (unpaired) electrons. The highest BCUT2D eigenvalue weighted by atomic mass is 16.3. The summed E-state index contributed by atoms with van der Waals surface area (Å²) in [6.07, 6.45) is 0. The smallest absolute Gasteiger partial charge is 0.135 e. The molecule has 0 aliphatic heterocycles. The number of hydrogen-bond donors (Lipinski definition) is 0.